The third-order valence-electron chi connectivity index (χ3n) is 14.9. The van der Waals surface area contributed by atoms with E-state index in [1.54, 1.807) is 54.7 Å². The summed E-state index contributed by atoms with van der Waals surface area (Å²) in [7, 11) is 6.94. The van der Waals surface area contributed by atoms with Crippen molar-refractivity contribution in [2.75, 3.05) is 75.3 Å². The number of Topliss-reactive ketones (excluding diaryl/α,β-unsaturated/α-hetero) is 3. The van der Waals surface area contributed by atoms with Crippen LogP contribution in [0, 0.1) is 5.92 Å². The van der Waals surface area contributed by atoms with Gasteiger partial charge < -0.3 is 72.7 Å². The van der Waals surface area contributed by atoms with Crippen LogP contribution in [0.25, 0.3) is 11.2 Å². The van der Waals surface area contributed by atoms with Crippen molar-refractivity contribution >= 4 is 127 Å². The predicted molar refractivity (Wildman–Crippen MR) is 330 cm³/mol. The van der Waals surface area contributed by atoms with Gasteiger partial charge in [-0.25, -0.2) is 29.8 Å². The number of ether oxygens (including phenoxy) is 2. The van der Waals surface area contributed by atoms with E-state index in [0.29, 0.717) is 59.1 Å². The molecule has 3 aromatic rings. The number of primary amides is 1. The van der Waals surface area contributed by atoms with E-state index in [1.807, 2.05) is 11.9 Å². The van der Waals surface area contributed by atoms with Crippen LogP contribution in [0.5, 0.6) is 0 Å². The number of carboxylic acid groups (broad SMARTS) is 2. The Hall–Kier alpha value is -8.51. The van der Waals surface area contributed by atoms with Gasteiger partial charge in [0, 0.05) is 110 Å². The van der Waals surface area contributed by atoms with Crippen LogP contribution in [0.4, 0.5) is 16.4 Å². The van der Waals surface area contributed by atoms with Gasteiger partial charge in [0.05, 0.1) is 47.0 Å². The molecule has 4 unspecified atom stereocenters. The number of carbonyl (C=O) groups is 11. The predicted octanol–water partition coefficient (Wildman–Crippen LogP) is -0.867. The van der Waals surface area contributed by atoms with Gasteiger partial charge in [-0.1, -0.05) is 21.6 Å². The largest absolute Gasteiger partial charge is 0.480 e. The molecule has 3 saturated heterocycles. The van der Waals surface area contributed by atoms with Gasteiger partial charge in [-0.3, -0.25) is 48.2 Å². The molecule has 6 heterocycles. The van der Waals surface area contributed by atoms with Crippen molar-refractivity contribution in [2.24, 2.45) is 16.8 Å². The molecule has 6 amide bonds. The van der Waals surface area contributed by atoms with E-state index in [0.717, 1.165) is 34.7 Å². The Morgan fingerprint density at radius 3 is 2.28 bits per heavy atom. The molecule has 4 aliphatic heterocycles. The van der Waals surface area contributed by atoms with E-state index < -0.39 is 88.5 Å². The van der Waals surface area contributed by atoms with Crippen LogP contribution >= 0.6 is 33.3 Å². The number of aromatic nitrogens is 4. The van der Waals surface area contributed by atoms with E-state index in [1.165, 1.54) is 25.3 Å². The number of nitrogens with two attached hydrogens (primary N) is 2. The number of piperazine rings is 1. The maximum atomic E-state index is 13.6. The second-order valence-corrected chi connectivity index (χ2v) is 25.1. The summed E-state index contributed by atoms with van der Waals surface area (Å²) in [5.74, 6) is -5.89. The van der Waals surface area contributed by atoms with Gasteiger partial charge in [0.15, 0.2) is 16.9 Å². The fourth-order valence-electron chi connectivity index (χ4n) is 10.3. The third kappa shape index (κ3) is 17.0. The Balaban J connectivity index is 0.000000301. The van der Waals surface area contributed by atoms with Gasteiger partial charge in [-0.15, -0.1) is 11.8 Å². The molecule has 32 nitrogen and oxygen atoms in total. The van der Waals surface area contributed by atoms with Crippen molar-refractivity contribution in [1.82, 2.24) is 61.7 Å². The van der Waals surface area contributed by atoms with Crippen molar-refractivity contribution in [3.63, 3.8) is 0 Å². The molecule has 0 spiro atoms. The average Bonchev–Trinajstić information content (AvgIpc) is 1.50. The minimum absolute atomic E-state index is 0.00848. The summed E-state index contributed by atoms with van der Waals surface area (Å²) in [4.78, 5) is 166. The zero-order valence-corrected chi connectivity index (χ0v) is 52.1. The van der Waals surface area contributed by atoms with Crippen molar-refractivity contribution in [3.05, 3.63) is 74.6 Å². The third-order valence-corrected chi connectivity index (χ3v) is 18.6. The number of fused-ring (bicyclic) bond motifs is 5. The number of methoxy groups -OCH3 is 1. The summed E-state index contributed by atoms with van der Waals surface area (Å²) in [6, 6.07) is 3.07. The van der Waals surface area contributed by atoms with Crippen molar-refractivity contribution in [2.45, 2.75) is 101 Å². The SMILES string of the molecule is CC(=O)CC/C(C)=N/NC(=O)CCN1C(=O)CC(SC[C@H](NC(=O)CC[C@H](NC(=O)c2ccc(NCc3cnc4nc(N)[nH]c(=O)c4n3)cc2)C(=O)O)C(=O)O)C1=O.CNCCSSCCNC1=C(C)C(=O)C2=C(C1=O)C(COC(N)=O)[C@@]1(OC)C3NC3CN21. The van der Waals surface area contributed by atoms with E-state index in [2.05, 4.69) is 62.4 Å². The smallest absolute Gasteiger partial charge is 0.404 e. The second-order valence-electron chi connectivity index (χ2n) is 21.1. The normalized spacial score (nSPS) is 20.6. The van der Waals surface area contributed by atoms with Gasteiger partial charge in [-0.05, 0) is 64.9 Å². The molecule has 2 aromatic heterocycles. The Bertz CT molecular complexity index is 3480. The summed E-state index contributed by atoms with van der Waals surface area (Å²) in [5, 5.41) is 39.6. The number of nitrogen functional groups attached to an aromatic ring is 1. The topological polar surface area (TPSA) is 483 Å². The van der Waals surface area contributed by atoms with Crippen molar-refractivity contribution in [3.8, 4) is 0 Å². The Morgan fingerprint density at radius 1 is 0.900 bits per heavy atom. The standard InChI is InChI=1S/C35H41N11O11S.C20H29N5O5S2/c1-17(3-4-18(2)47)44-45-26(49)11-12-46-27(50)13-24(32(46)53)58-16-23(34(56)57)40-25(48)10-9-22(33(54)55)41-30(51)19-5-7-20(8-6-19)37-14-21-15-38-29-28(39-21)31(52)43-35(36)42-29;1-10-14(23-5-7-32-31-6-4-22-2)17(27)13-11(9-30-19(21)28)20(29-3)18-12(24-18)8-25(20)15(13)16(10)26/h5-8,15,22-24,37H,3-4,9-14,16H2,1-2H3,(H,40,48)(H,41,51)(H,45,49)(H,54,55)(H,56,57)(H3,36,38,42,43,52);11-12,18,22-24H,4-9H2,1-3H3,(H2,21,28)/b44-17+;/t22-,23-,24?;11?,12?,18?,20-/m01/s1. The van der Waals surface area contributed by atoms with Crippen LogP contribution in [0.1, 0.15) is 75.3 Å². The number of hydrogen-bond donors (Lipinski definition) is 12. The molecule has 90 heavy (non-hydrogen) atoms. The first kappa shape index (κ1) is 69.0. The number of anilines is 2. The van der Waals surface area contributed by atoms with E-state index >= 15 is 0 Å². The zero-order valence-electron chi connectivity index (χ0n) is 49.6. The number of nitrogens with zero attached hydrogens (tertiary/aromatic N) is 6. The summed E-state index contributed by atoms with van der Waals surface area (Å²) in [5.41, 5.74) is 14.7. The molecular formula is C55H70N16O16S3. The molecule has 14 N–H and O–H groups in total. The number of carboxylic acids is 2. The Kier molecular flexibility index (Phi) is 24.0. The van der Waals surface area contributed by atoms with Gasteiger partial charge in [0.1, 0.15) is 24.5 Å². The summed E-state index contributed by atoms with van der Waals surface area (Å²) in [6.45, 7) is 6.59. The molecule has 0 radical (unpaired) electrons. The second kappa shape index (κ2) is 31.3. The minimum Gasteiger partial charge on any atom is -0.480 e. The number of ketones is 3. The number of H-pyrrole nitrogens is 1. The molecule has 7 atom stereocenters. The maximum Gasteiger partial charge on any atom is 0.404 e. The first-order valence-corrected chi connectivity index (χ1v) is 31.8. The molecule has 5 aliphatic rings. The van der Waals surface area contributed by atoms with Gasteiger partial charge in [-0.2, -0.15) is 10.1 Å². The number of allylic oxidation sites excluding steroid dienone is 2. The lowest BCUT2D eigenvalue weighted by Gasteiger charge is -2.39. The molecule has 0 saturated carbocycles. The molecule has 35 heteroatoms. The molecular weight excluding hydrogens is 1240 g/mol. The number of carbonyl (C=O) groups excluding carboxylic acids is 9. The summed E-state index contributed by atoms with van der Waals surface area (Å²) < 4.78 is 11.1. The van der Waals surface area contributed by atoms with Crippen LogP contribution in [-0.2, 0) is 59.2 Å². The number of likely N-dealkylation sites (tertiary alicyclic amines) is 1. The molecule has 1 aromatic carbocycles. The average molecular weight is 1310 g/mol. The van der Waals surface area contributed by atoms with Crippen LogP contribution in [-0.4, -0.2) is 210 Å². The lowest BCUT2D eigenvalue weighted by atomic mass is 9.82. The van der Waals surface area contributed by atoms with Crippen LogP contribution in [0.15, 0.2) is 62.9 Å². The minimum atomic E-state index is -1.51. The number of imide groups is 1. The Labute approximate surface area is 526 Å². The number of rotatable bonds is 32. The van der Waals surface area contributed by atoms with Crippen molar-refractivity contribution in [1.29, 1.82) is 0 Å². The van der Waals surface area contributed by atoms with Gasteiger partial charge in [0.2, 0.25) is 41.1 Å². The van der Waals surface area contributed by atoms with E-state index in [4.69, 9.17) is 20.9 Å². The number of amides is 6. The highest BCUT2D eigenvalue weighted by Gasteiger charge is 2.72. The molecule has 1 aliphatic carbocycles. The summed E-state index contributed by atoms with van der Waals surface area (Å²) in [6.07, 6.45) is -0.218. The van der Waals surface area contributed by atoms with Crippen LogP contribution in [0.3, 0.4) is 0 Å². The molecule has 484 valence electrons. The van der Waals surface area contributed by atoms with Crippen molar-refractivity contribution < 1.29 is 72.4 Å². The highest BCUT2D eigenvalue weighted by molar-refractivity contribution is 8.76. The lowest BCUT2D eigenvalue weighted by Crippen LogP contribution is -2.55. The van der Waals surface area contributed by atoms with Crippen LogP contribution < -0.4 is 54.4 Å². The first-order chi connectivity index (χ1) is 42.9. The molecule has 0 bridgehead atoms. The van der Waals surface area contributed by atoms with Crippen LogP contribution in [0.2, 0.25) is 0 Å². The highest BCUT2D eigenvalue weighted by atomic mass is 33.1. The zero-order chi connectivity index (χ0) is 65.6. The Morgan fingerprint density at radius 2 is 1.61 bits per heavy atom. The lowest BCUT2D eigenvalue weighted by molar-refractivity contribution is -0.142. The number of nitrogens with one attached hydrogen (secondary N) is 8. The summed E-state index contributed by atoms with van der Waals surface area (Å²) >= 11 is 0.836. The number of thioether (sulfide) groups is 1. The molecule has 3 fully saturated rings. The van der Waals surface area contributed by atoms with Gasteiger partial charge >= 0.3 is 18.0 Å². The van der Waals surface area contributed by atoms with Gasteiger partial charge in [0.25, 0.3) is 11.5 Å². The highest BCUT2D eigenvalue weighted by Crippen LogP contribution is 2.55. The number of benzene rings is 1. The number of aliphatic carboxylic acids is 2. The quantitative estimate of drug-likeness (QED) is 0.00688. The monoisotopic (exact) mass is 1310 g/mol. The fourth-order valence-corrected chi connectivity index (χ4v) is 13.4. The first-order valence-electron chi connectivity index (χ1n) is 28.3. The van der Waals surface area contributed by atoms with E-state index in [9.17, 15) is 67.7 Å². The number of hydrogen-bond acceptors (Lipinski definition) is 27. The molecule has 8 rings (SSSR count). The number of aromatic amines is 1. The number of hydrazone groups is 1. The maximum absolute atomic E-state index is 13.6. The fraction of sp³-hybridized carbons (Fsp3) is 0.491. The van der Waals surface area contributed by atoms with E-state index in [-0.39, 0.29) is 103 Å².